The number of imide groups is 1. The SMILES string of the molecule is CCOC(=O)C(C1CC(=O)N(c2cc(F)cc(F)c2)C1=O)S(C)(=O)=O. The molecule has 0 saturated carbocycles. The van der Waals surface area contributed by atoms with Gasteiger partial charge in [-0.15, -0.1) is 0 Å². The first kappa shape index (κ1) is 19.0. The number of esters is 1. The van der Waals surface area contributed by atoms with Gasteiger partial charge in [0.25, 0.3) is 0 Å². The number of carbonyl (C=O) groups excluding carboxylic acids is 3. The van der Waals surface area contributed by atoms with E-state index >= 15 is 0 Å². The molecule has 0 N–H and O–H groups in total. The number of hydrogen-bond donors (Lipinski definition) is 0. The normalized spacial score (nSPS) is 19.2. The van der Waals surface area contributed by atoms with Gasteiger partial charge in [0.2, 0.25) is 11.8 Å². The highest BCUT2D eigenvalue weighted by Crippen LogP contribution is 2.32. The lowest BCUT2D eigenvalue weighted by Gasteiger charge is -2.19. The summed E-state index contributed by atoms with van der Waals surface area (Å²) in [6, 6.07) is 2.09. The zero-order chi connectivity index (χ0) is 18.9. The topological polar surface area (TPSA) is 97.8 Å². The van der Waals surface area contributed by atoms with Gasteiger partial charge >= 0.3 is 5.97 Å². The van der Waals surface area contributed by atoms with E-state index in [9.17, 15) is 31.6 Å². The number of ether oxygens (including phenoxy) is 1. The van der Waals surface area contributed by atoms with Crippen LogP contribution < -0.4 is 4.90 Å². The molecule has 25 heavy (non-hydrogen) atoms. The predicted octanol–water partition coefficient (Wildman–Crippen LogP) is 0.821. The summed E-state index contributed by atoms with van der Waals surface area (Å²) in [7, 11) is -4.07. The number of halogens is 2. The molecule has 1 aliphatic heterocycles. The number of sulfone groups is 1. The maximum atomic E-state index is 13.3. The fourth-order valence-electron chi connectivity index (χ4n) is 2.69. The second-order valence-corrected chi connectivity index (χ2v) is 7.67. The zero-order valence-electron chi connectivity index (χ0n) is 13.4. The molecule has 1 aromatic rings. The van der Waals surface area contributed by atoms with E-state index in [-0.39, 0.29) is 12.3 Å². The molecule has 1 aliphatic rings. The second-order valence-electron chi connectivity index (χ2n) is 5.51. The van der Waals surface area contributed by atoms with E-state index in [2.05, 4.69) is 4.74 Å². The molecular formula is C15H15F2NO6S. The van der Waals surface area contributed by atoms with Crippen molar-refractivity contribution >= 4 is 33.3 Å². The van der Waals surface area contributed by atoms with E-state index in [1.807, 2.05) is 0 Å². The number of carbonyl (C=O) groups is 3. The minimum Gasteiger partial charge on any atom is -0.465 e. The van der Waals surface area contributed by atoms with Gasteiger partial charge in [-0.05, 0) is 19.1 Å². The summed E-state index contributed by atoms with van der Waals surface area (Å²) in [6.45, 7) is 1.35. The number of benzene rings is 1. The molecule has 7 nitrogen and oxygen atoms in total. The summed E-state index contributed by atoms with van der Waals surface area (Å²) in [5, 5.41) is -1.87. The van der Waals surface area contributed by atoms with Gasteiger partial charge in [-0.1, -0.05) is 0 Å². The van der Waals surface area contributed by atoms with Gasteiger partial charge in [0.05, 0.1) is 18.2 Å². The van der Waals surface area contributed by atoms with Gasteiger partial charge in [0, 0.05) is 18.7 Å². The van der Waals surface area contributed by atoms with Crippen LogP contribution >= 0.6 is 0 Å². The lowest BCUT2D eigenvalue weighted by Crippen LogP contribution is -2.42. The van der Waals surface area contributed by atoms with Gasteiger partial charge in [-0.25, -0.2) is 17.2 Å². The fraction of sp³-hybridized carbons (Fsp3) is 0.400. The van der Waals surface area contributed by atoms with Gasteiger partial charge in [0.1, 0.15) is 11.6 Å². The van der Waals surface area contributed by atoms with Crippen molar-refractivity contribution in [3.63, 3.8) is 0 Å². The molecule has 0 radical (unpaired) electrons. The average Bonchev–Trinajstić information content (AvgIpc) is 2.71. The first-order valence-corrected chi connectivity index (χ1v) is 9.20. The maximum absolute atomic E-state index is 13.3. The zero-order valence-corrected chi connectivity index (χ0v) is 14.2. The van der Waals surface area contributed by atoms with Crippen LogP contribution in [0.5, 0.6) is 0 Å². The first-order chi connectivity index (χ1) is 11.6. The largest absolute Gasteiger partial charge is 0.465 e. The van der Waals surface area contributed by atoms with Crippen molar-refractivity contribution in [3.8, 4) is 0 Å². The van der Waals surface area contributed by atoms with Gasteiger partial charge in [0.15, 0.2) is 15.1 Å². The monoisotopic (exact) mass is 375 g/mol. The van der Waals surface area contributed by atoms with Crippen LogP contribution in [0.4, 0.5) is 14.5 Å². The Labute approximate surface area is 142 Å². The van der Waals surface area contributed by atoms with Crippen molar-refractivity contribution in [1.29, 1.82) is 0 Å². The van der Waals surface area contributed by atoms with Crippen LogP contribution in [0.2, 0.25) is 0 Å². The molecule has 1 saturated heterocycles. The Hall–Kier alpha value is -2.36. The minimum atomic E-state index is -4.07. The van der Waals surface area contributed by atoms with Crippen molar-refractivity contribution < 1.29 is 36.3 Å². The third-order valence-electron chi connectivity index (χ3n) is 3.63. The lowest BCUT2D eigenvalue weighted by atomic mass is 10.0. The molecule has 1 aromatic carbocycles. The van der Waals surface area contributed by atoms with Gasteiger partial charge < -0.3 is 4.74 Å². The van der Waals surface area contributed by atoms with Gasteiger partial charge in [-0.3, -0.25) is 19.3 Å². The molecule has 2 unspecified atom stereocenters. The number of amides is 2. The maximum Gasteiger partial charge on any atom is 0.325 e. The van der Waals surface area contributed by atoms with E-state index < -0.39 is 56.8 Å². The third-order valence-corrected chi connectivity index (χ3v) is 5.08. The molecule has 0 spiro atoms. The summed E-state index contributed by atoms with van der Waals surface area (Å²) in [5.74, 6) is -6.58. The molecule has 2 amide bonds. The van der Waals surface area contributed by atoms with Crippen LogP contribution in [-0.4, -0.2) is 44.3 Å². The minimum absolute atomic E-state index is 0.113. The molecule has 1 fully saturated rings. The van der Waals surface area contributed by atoms with Crippen molar-refractivity contribution in [3.05, 3.63) is 29.8 Å². The number of rotatable bonds is 5. The van der Waals surface area contributed by atoms with E-state index in [4.69, 9.17) is 0 Å². The smallest absolute Gasteiger partial charge is 0.325 e. The molecular weight excluding hydrogens is 360 g/mol. The highest BCUT2D eigenvalue weighted by molar-refractivity contribution is 7.92. The fourth-order valence-corrected chi connectivity index (χ4v) is 3.92. The van der Waals surface area contributed by atoms with Crippen molar-refractivity contribution in [2.24, 2.45) is 5.92 Å². The van der Waals surface area contributed by atoms with E-state index in [0.717, 1.165) is 18.4 Å². The van der Waals surface area contributed by atoms with Crippen molar-refractivity contribution in [2.75, 3.05) is 17.8 Å². The van der Waals surface area contributed by atoms with Crippen LogP contribution in [0.1, 0.15) is 13.3 Å². The highest BCUT2D eigenvalue weighted by atomic mass is 32.2. The summed E-state index contributed by atoms with van der Waals surface area (Å²) in [6.07, 6.45) is 0.157. The first-order valence-electron chi connectivity index (χ1n) is 7.24. The molecule has 2 rings (SSSR count). The molecule has 10 heteroatoms. The second kappa shape index (κ2) is 6.87. The molecule has 1 heterocycles. The van der Waals surface area contributed by atoms with Crippen LogP contribution in [0.25, 0.3) is 0 Å². The molecule has 0 aliphatic carbocycles. The van der Waals surface area contributed by atoms with Crippen LogP contribution in [0, 0.1) is 17.6 Å². The summed E-state index contributed by atoms with van der Waals surface area (Å²) in [4.78, 5) is 37.1. The molecule has 2 atom stereocenters. The predicted molar refractivity (Wildman–Crippen MR) is 82.2 cm³/mol. The molecule has 0 bridgehead atoms. The van der Waals surface area contributed by atoms with E-state index in [1.165, 1.54) is 6.92 Å². The lowest BCUT2D eigenvalue weighted by molar-refractivity contribution is -0.145. The molecule has 136 valence electrons. The Morgan fingerprint density at radius 1 is 1.28 bits per heavy atom. The summed E-state index contributed by atoms with van der Waals surface area (Å²) >= 11 is 0. The molecule has 0 aromatic heterocycles. The van der Waals surface area contributed by atoms with Gasteiger partial charge in [-0.2, -0.15) is 0 Å². The Balaban J connectivity index is 2.43. The highest BCUT2D eigenvalue weighted by Gasteiger charge is 2.50. The number of anilines is 1. The average molecular weight is 375 g/mol. The summed E-state index contributed by atoms with van der Waals surface area (Å²) in [5.41, 5.74) is -0.369. The number of hydrogen-bond acceptors (Lipinski definition) is 6. The van der Waals surface area contributed by atoms with Crippen LogP contribution in [0.15, 0.2) is 18.2 Å². The van der Waals surface area contributed by atoms with Crippen LogP contribution in [-0.2, 0) is 29.0 Å². The Morgan fingerprint density at radius 2 is 1.84 bits per heavy atom. The standard InChI is InChI=1S/C15H15F2NO6S/c1-3-24-15(21)13(25(2,22)23)11-7-12(19)18(14(11)20)10-5-8(16)4-9(17)6-10/h4-6,11,13H,3,7H2,1-2H3. The summed E-state index contributed by atoms with van der Waals surface area (Å²) < 4.78 is 55.3. The Kier molecular flexibility index (Phi) is 5.21. The van der Waals surface area contributed by atoms with E-state index in [1.54, 1.807) is 0 Å². The quantitative estimate of drug-likeness (QED) is 0.558. The van der Waals surface area contributed by atoms with Crippen LogP contribution in [0.3, 0.4) is 0 Å². The van der Waals surface area contributed by atoms with Crippen molar-refractivity contribution in [1.82, 2.24) is 0 Å². The third kappa shape index (κ3) is 3.84. The number of nitrogens with zero attached hydrogens (tertiary/aromatic N) is 1. The Morgan fingerprint density at radius 3 is 2.32 bits per heavy atom. The van der Waals surface area contributed by atoms with Crippen molar-refractivity contribution in [2.45, 2.75) is 18.6 Å². The van der Waals surface area contributed by atoms with E-state index in [0.29, 0.717) is 11.0 Å². The Bertz CT molecular complexity index is 818.